The number of hydrogen-bond acceptors (Lipinski definition) is 3. The van der Waals surface area contributed by atoms with E-state index in [0.717, 1.165) is 44.2 Å². The Morgan fingerprint density at radius 2 is 1.81 bits per heavy atom. The third kappa shape index (κ3) is 4.72. The van der Waals surface area contributed by atoms with Gasteiger partial charge in [0.2, 0.25) is 0 Å². The van der Waals surface area contributed by atoms with Crippen LogP contribution >= 0.6 is 0 Å². The van der Waals surface area contributed by atoms with E-state index in [2.05, 4.69) is 55.3 Å². The summed E-state index contributed by atoms with van der Waals surface area (Å²) in [6.45, 7) is 7.74. The van der Waals surface area contributed by atoms with Crippen LogP contribution in [-0.4, -0.2) is 22.7 Å². The molecule has 140 valence electrons. The molecule has 2 N–H and O–H groups in total. The highest BCUT2D eigenvalue weighted by molar-refractivity contribution is 5.27. The average Bonchev–Trinajstić information content (AvgIpc) is 2.64. The quantitative estimate of drug-likeness (QED) is 0.841. The van der Waals surface area contributed by atoms with E-state index in [9.17, 15) is 5.11 Å². The van der Waals surface area contributed by atoms with E-state index in [0.29, 0.717) is 6.04 Å². The Hall–Kier alpha value is -1.71. The van der Waals surface area contributed by atoms with Crippen LogP contribution in [0.2, 0.25) is 0 Å². The van der Waals surface area contributed by atoms with Crippen molar-refractivity contribution in [2.24, 2.45) is 0 Å². The molecule has 0 atom stereocenters. The summed E-state index contributed by atoms with van der Waals surface area (Å²) in [6.07, 6.45) is 8.23. The zero-order valence-corrected chi connectivity index (χ0v) is 16.3. The summed E-state index contributed by atoms with van der Waals surface area (Å²) >= 11 is 0. The van der Waals surface area contributed by atoms with Crippen LogP contribution in [0.1, 0.15) is 63.1 Å². The summed E-state index contributed by atoms with van der Waals surface area (Å²) in [5, 5.41) is 14.6. The Bertz CT molecular complexity index is 680. The minimum absolute atomic E-state index is 0.212. The zero-order chi connectivity index (χ0) is 18.6. The van der Waals surface area contributed by atoms with E-state index in [1.165, 1.54) is 11.1 Å². The molecule has 26 heavy (non-hydrogen) atoms. The second-order valence-corrected chi connectivity index (χ2v) is 8.70. The smallest absolute Gasteiger partial charge is 0.0912 e. The molecule has 1 aromatic carbocycles. The van der Waals surface area contributed by atoms with E-state index in [1.54, 1.807) is 12.4 Å². The summed E-state index contributed by atoms with van der Waals surface area (Å²) in [4.78, 5) is 4.15. The van der Waals surface area contributed by atoms with Gasteiger partial charge in [-0.3, -0.25) is 4.98 Å². The van der Waals surface area contributed by atoms with Gasteiger partial charge in [0.1, 0.15) is 0 Å². The van der Waals surface area contributed by atoms with Crippen molar-refractivity contribution in [3.05, 3.63) is 65.5 Å². The zero-order valence-electron chi connectivity index (χ0n) is 16.3. The predicted octanol–water partition coefficient (Wildman–Crippen LogP) is 4.34. The van der Waals surface area contributed by atoms with Crippen LogP contribution < -0.4 is 5.32 Å². The van der Waals surface area contributed by atoms with E-state index < -0.39 is 5.60 Å². The molecule has 1 saturated carbocycles. The summed E-state index contributed by atoms with van der Waals surface area (Å²) in [6, 6.07) is 13.4. The lowest BCUT2D eigenvalue weighted by Crippen LogP contribution is -2.40. The fourth-order valence-corrected chi connectivity index (χ4v) is 3.82. The third-order valence-electron chi connectivity index (χ3n) is 5.68. The molecule has 0 aliphatic heterocycles. The maximum absolute atomic E-state index is 10.9. The van der Waals surface area contributed by atoms with Crippen LogP contribution in [0.4, 0.5) is 0 Å². The van der Waals surface area contributed by atoms with Crippen molar-refractivity contribution < 1.29 is 5.11 Å². The molecule has 3 heteroatoms. The molecular formula is C23H32N2O. The summed E-state index contributed by atoms with van der Waals surface area (Å²) < 4.78 is 0. The van der Waals surface area contributed by atoms with Gasteiger partial charge in [-0.1, -0.05) is 51.1 Å². The normalized spacial score (nSPS) is 23.8. The van der Waals surface area contributed by atoms with Crippen LogP contribution in [0.5, 0.6) is 0 Å². The number of pyridine rings is 1. The van der Waals surface area contributed by atoms with Crippen molar-refractivity contribution in [1.82, 2.24) is 10.3 Å². The van der Waals surface area contributed by atoms with Crippen molar-refractivity contribution in [3.63, 3.8) is 0 Å². The molecule has 2 aromatic rings. The highest BCUT2D eigenvalue weighted by Crippen LogP contribution is 2.36. The van der Waals surface area contributed by atoms with Crippen molar-refractivity contribution in [1.29, 1.82) is 0 Å². The molecule has 0 bridgehead atoms. The van der Waals surface area contributed by atoms with Gasteiger partial charge in [-0.05, 0) is 61.3 Å². The Kier molecular flexibility index (Phi) is 5.79. The Balaban J connectivity index is 1.44. The number of nitrogens with zero attached hydrogens (tertiary/aromatic N) is 1. The first-order chi connectivity index (χ1) is 12.4. The van der Waals surface area contributed by atoms with Crippen molar-refractivity contribution in [2.45, 2.75) is 69.9 Å². The van der Waals surface area contributed by atoms with Gasteiger partial charge in [0.25, 0.3) is 0 Å². The third-order valence-corrected chi connectivity index (χ3v) is 5.68. The van der Waals surface area contributed by atoms with Crippen molar-refractivity contribution in [3.8, 4) is 0 Å². The van der Waals surface area contributed by atoms with E-state index in [4.69, 9.17) is 0 Å². The van der Waals surface area contributed by atoms with Crippen molar-refractivity contribution in [2.75, 3.05) is 6.54 Å². The monoisotopic (exact) mass is 352 g/mol. The Morgan fingerprint density at radius 1 is 1.12 bits per heavy atom. The van der Waals surface area contributed by atoms with E-state index >= 15 is 0 Å². The van der Waals surface area contributed by atoms with E-state index in [1.807, 2.05) is 12.1 Å². The maximum Gasteiger partial charge on any atom is 0.0912 e. The first-order valence-electron chi connectivity index (χ1n) is 9.82. The number of benzene rings is 1. The molecule has 1 heterocycles. The molecule has 3 rings (SSSR count). The molecule has 1 aromatic heterocycles. The maximum atomic E-state index is 10.9. The van der Waals surface area contributed by atoms with Gasteiger partial charge in [0.15, 0.2) is 0 Å². The van der Waals surface area contributed by atoms with Gasteiger partial charge in [0.05, 0.1) is 5.60 Å². The lowest BCUT2D eigenvalue weighted by atomic mass is 9.78. The molecule has 1 aliphatic carbocycles. The molecule has 3 nitrogen and oxygen atoms in total. The molecule has 1 fully saturated rings. The minimum Gasteiger partial charge on any atom is -0.385 e. The van der Waals surface area contributed by atoms with Crippen molar-refractivity contribution >= 4 is 0 Å². The van der Waals surface area contributed by atoms with Gasteiger partial charge in [-0.2, -0.15) is 0 Å². The highest BCUT2D eigenvalue weighted by Gasteiger charge is 2.34. The van der Waals surface area contributed by atoms with Crippen LogP contribution in [0.25, 0.3) is 0 Å². The first-order valence-corrected chi connectivity index (χ1v) is 9.82. The molecule has 0 unspecified atom stereocenters. The van der Waals surface area contributed by atoms with Gasteiger partial charge in [-0.15, -0.1) is 0 Å². The van der Waals surface area contributed by atoms with Crippen LogP contribution in [0.3, 0.4) is 0 Å². The highest BCUT2D eigenvalue weighted by atomic mass is 16.3. The molecular weight excluding hydrogens is 320 g/mol. The molecule has 1 aliphatic rings. The summed E-state index contributed by atoms with van der Waals surface area (Å²) in [5.74, 6) is 0. The van der Waals surface area contributed by atoms with E-state index in [-0.39, 0.29) is 5.41 Å². The Morgan fingerprint density at radius 3 is 2.38 bits per heavy atom. The largest absolute Gasteiger partial charge is 0.385 e. The number of aromatic nitrogens is 1. The molecule has 0 amide bonds. The average molecular weight is 353 g/mol. The molecule has 0 radical (unpaired) electrons. The summed E-state index contributed by atoms with van der Waals surface area (Å²) in [7, 11) is 0. The van der Waals surface area contributed by atoms with Gasteiger partial charge in [-0.25, -0.2) is 0 Å². The van der Waals surface area contributed by atoms with Crippen LogP contribution in [-0.2, 0) is 17.4 Å². The number of rotatable bonds is 5. The lowest BCUT2D eigenvalue weighted by molar-refractivity contribution is -0.00853. The molecule has 0 saturated heterocycles. The van der Waals surface area contributed by atoms with Gasteiger partial charge < -0.3 is 10.4 Å². The number of hydrogen-bond donors (Lipinski definition) is 2. The second-order valence-electron chi connectivity index (χ2n) is 8.70. The lowest BCUT2D eigenvalue weighted by Gasteiger charge is -2.36. The van der Waals surface area contributed by atoms with Gasteiger partial charge in [0, 0.05) is 24.0 Å². The fraction of sp³-hybridized carbons (Fsp3) is 0.522. The SMILES string of the molecule is CC(C)(C)c1ccc(CCNC2CCC(O)(c3cccnc3)CC2)cc1. The number of aliphatic hydroxyl groups is 1. The summed E-state index contributed by atoms with van der Waals surface area (Å²) in [5.41, 5.74) is 3.24. The first kappa shape index (κ1) is 19.1. The minimum atomic E-state index is -0.699. The fourth-order valence-electron chi connectivity index (χ4n) is 3.82. The topological polar surface area (TPSA) is 45.1 Å². The molecule has 0 spiro atoms. The predicted molar refractivity (Wildman–Crippen MR) is 107 cm³/mol. The standard InChI is InChI=1S/C23H32N2O/c1-22(2,3)19-8-6-18(7-9-19)12-16-25-21-10-13-23(26,14-11-21)20-5-4-15-24-17-20/h4-9,15,17,21,25-26H,10-14,16H2,1-3H3. The van der Waals surface area contributed by atoms with Gasteiger partial charge >= 0.3 is 0 Å². The van der Waals surface area contributed by atoms with Crippen LogP contribution in [0.15, 0.2) is 48.8 Å². The van der Waals surface area contributed by atoms with Crippen LogP contribution in [0, 0.1) is 0 Å². The number of nitrogens with one attached hydrogen (secondary N) is 1. The second kappa shape index (κ2) is 7.89. The Labute approximate surface area is 157 Å².